The number of carbonyl (C=O) groups excluding carboxylic acids is 3. The Hall–Kier alpha value is -6.47. The Morgan fingerprint density at radius 1 is 0.810 bits per heavy atom. The highest BCUT2D eigenvalue weighted by Gasteiger charge is 2.30. The topological polar surface area (TPSA) is 131 Å². The predicted octanol–water partition coefficient (Wildman–Crippen LogP) is 10.2. The minimum atomic E-state index is -4.31. The number of fused-ring (bicyclic) bond motifs is 2. The number of benzene rings is 6. The van der Waals surface area contributed by atoms with E-state index in [0.717, 1.165) is 34.9 Å². The summed E-state index contributed by atoms with van der Waals surface area (Å²) >= 11 is 13.0. The molecule has 0 radical (unpaired) electrons. The summed E-state index contributed by atoms with van der Waals surface area (Å²) in [5, 5.41) is 6.99. The van der Waals surface area contributed by atoms with Crippen LogP contribution in [-0.4, -0.2) is 58.8 Å². The van der Waals surface area contributed by atoms with Crippen LogP contribution in [0.15, 0.2) is 138 Å². The van der Waals surface area contributed by atoms with Crippen LogP contribution in [0.1, 0.15) is 73.4 Å². The number of halogens is 2. The van der Waals surface area contributed by atoms with Crippen molar-refractivity contribution in [3.63, 3.8) is 0 Å². The Morgan fingerprint density at radius 2 is 1.56 bits per heavy atom. The van der Waals surface area contributed by atoms with Gasteiger partial charge in [0.25, 0.3) is 27.7 Å². The number of hydrogen-bond acceptors (Lipinski definition) is 7. The van der Waals surface area contributed by atoms with E-state index in [0.29, 0.717) is 53.7 Å². The zero-order valence-corrected chi connectivity index (χ0v) is 36.9. The fourth-order valence-electron chi connectivity index (χ4n) is 7.62. The summed E-state index contributed by atoms with van der Waals surface area (Å²) in [5.41, 5.74) is 3.62. The van der Waals surface area contributed by atoms with Crippen LogP contribution in [0.5, 0.6) is 11.5 Å². The molecule has 1 N–H and O–H groups in total. The molecule has 63 heavy (non-hydrogen) atoms. The van der Waals surface area contributed by atoms with Gasteiger partial charge in [0.2, 0.25) is 0 Å². The van der Waals surface area contributed by atoms with Gasteiger partial charge in [0.15, 0.2) is 5.69 Å². The number of aromatic nitrogens is 2. The largest absolute Gasteiger partial charge is 0.457 e. The van der Waals surface area contributed by atoms with E-state index in [1.54, 1.807) is 59.2 Å². The lowest BCUT2D eigenvalue weighted by Crippen LogP contribution is -2.37. The summed E-state index contributed by atoms with van der Waals surface area (Å²) in [6.07, 6.45) is 2.18. The molecule has 3 amide bonds. The van der Waals surface area contributed by atoms with Crippen molar-refractivity contribution in [1.29, 1.82) is 0 Å². The number of amides is 3. The Labute approximate surface area is 375 Å². The fraction of sp³-hybridized carbons (Fsp3) is 0.184. The second-order valence-corrected chi connectivity index (χ2v) is 17.9. The van der Waals surface area contributed by atoms with E-state index in [4.69, 9.17) is 33.0 Å². The molecule has 1 aliphatic rings. The lowest BCUT2D eigenvalue weighted by atomic mass is 9.98. The Kier molecular flexibility index (Phi) is 12.7. The number of carbonyl (C=O) groups is 3. The third kappa shape index (κ3) is 9.48. The Morgan fingerprint density at radius 3 is 2.33 bits per heavy atom. The third-order valence-electron chi connectivity index (χ3n) is 11.0. The zero-order chi connectivity index (χ0) is 44.3. The summed E-state index contributed by atoms with van der Waals surface area (Å²) in [4.78, 5) is 46.2. The van der Waals surface area contributed by atoms with Gasteiger partial charge >= 0.3 is 0 Å². The molecule has 7 aromatic rings. The van der Waals surface area contributed by atoms with Gasteiger partial charge in [0.05, 0.1) is 26.9 Å². The molecule has 0 unspecified atom stereocenters. The Balaban J connectivity index is 1.12. The van der Waals surface area contributed by atoms with Crippen LogP contribution >= 0.6 is 23.2 Å². The average molecular weight is 901 g/mol. The minimum absolute atomic E-state index is 0.00700. The molecule has 0 spiro atoms. The first-order chi connectivity index (χ1) is 30.4. The van der Waals surface area contributed by atoms with Crippen LogP contribution < -0.4 is 9.46 Å². The summed E-state index contributed by atoms with van der Waals surface area (Å²) in [7, 11) is -4.31. The molecule has 0 saturated heterocycles. The van der Waals surface area contributed by atoms with Gasteiger partial charge in [-0.15, -0.1) is 0 Å². The number of hydrogen-bond donors (Lipinski definition) is 1. The summed E-state index contributed by atoms with van der Waals surface area (Å²) in [6, 6.07) is 38.6. The molecule has 11 nitrogen and oxygen atoms in total. The lowest BCUT2D eigenvalue weighted by Gasteiger charge is -2.29. The molecule has 0 saturated carbocycles. The number of unbranched alkanes of at least 4 members (excludes halogenated alkanes) is 1. The first kappa shape index (κ1) is 43.2. The fourth-order valence-corrected chi connectivity index (χ4v) is 8.95. The molecule has 0 aliphatic carbocycles. The van der Waals surface area contributed by atoms with Gasteiger partial charge in [-0.25, -0.2) is 17.8 Å². The van der Waals surface area contributed by atoms with Crippen molar-refractivity contribution >= 4 is 61.7 Å². The number of nitrogens with zero attached hydrogens (tertiary/aromatic N) is 4. The van der Waals surface area contributed by atoms with Crippen LogP contribution in [0, 0.1) is 6.92 Å². The molecule has 14 heteroatoms. The second kappa shape index (κ2) is 18.5. The number of rotatable bonds is 13. The first-order valence-electron chi connectivity index (χ1n) is 20.5. The zero-order valence-electron chi connectivity index (χ0n) is 34.6. The van der Waals surface area contributed by atoms with Crippen LogP contribution in [0.2, 0.25) is 10.0 Å². The van der Waals surface area contributed by atoms with Crippen molar-refractivity contribution in [1.82, 2.24) is 24.3 Å². The van der Waals surface area contributed by atoms with E-state index in [-0.39, 0.29) is 39.0 Å². The minimum Gasteiger partial charge on any atom is -0.457 e. The molecule has 1 aliphatic heterocycles. The van der Waals surface area contributed by atoms with Gasteiger partial charge in [0, 0.05) is 36.8 Å². The summed E-state index contributed by atoms with van der Waals surface area (Å²) in [5.74, 6) is -0.530. The molecule has 0 bridgehead atoms. The third-order valence-corrected chi connectivity index (χ3v) is 13.1. The van der Waals surface area contributed by atoms with Crippen LogP contribution in [0.4, 0.5) is 0 Å². The number of sulfonamides is 1. The van der Waals surface area contributed by atoms with Gasteiger partial charge in [-0.1, -0.05) is 103 Å². The molecular formula is C49H43Cl2N5O6S. The highest BCUT2D eigenvalue weighted by Crippen LogP contribution is 2.31. The predicted molar refractivity (Wildman–Crippen MR) is 244 cm³/mol. The maximum absolute atomic E-state index is 14.6. The first-order valence-corrected chi connectivity index (χ1v) is 22.8. The summed E-state index contributed by atoms with van der Waals surface area (Å²) < 4.78 is 36.7. The van der Waals surface area contributed by atoms with Gasteiger partial charge in [-0.3, -0.25) is 14.4 Å². The highest BCUT2D eigenvalue weighted by atomic mass is 35.5. The van der Waals surface area contributed by atoms with Crippen LogP contribution in [-0.2, 0) is 29.5 Å². The second-order valence-electron chi connectivity index (χ2n) is 15.4. The van der Waals surface area contributed by atoms with Crippen molar-refractivity contribution in [3.8, 4) is 17.2 Å². The van der Waals surface area contributed by atoms with Crippen molar-refractivity contribution in [2.75, 3.05) is 13.1 Å². The monoisotopic (exact) mass is 899 g/mol. The molecule has 2 heterocycles. The van der Waals surface area contributed by atoms with E-state index in [2.05, 4.69) is 4.72 Å². The van der Waals surface area contributed by atoms with Crippen LogP contribution in [0.25, 0.3) is 16.5 Å². The van der Waals surface area contributed by atoms with E-state index in [9.17, 15) is 22.8 Å². The van der Waals surface area contributed by atoms with Crippen molar-refractivity contribution < 1.29 is 27.5 Å². The SMILES string of the molecule is CCCCN(Cc1cccc(Oc2ccc(Cl)cc2)c1)C(=O)c1nn(-c2ccc(C(=O)NS(=O)(=O)c3ccc4ccccc4c3)cc2C(=O)N2CCc3ccccc3C2)c(C)c1Cl. The normalized spacial score (nSPS) is 12.5. The molecule has 0 atom stereocenters. The molecule has 6 aromatic carbocycles. The summed E-state index contributed by atoms with van der Waals surface area (Å²) in [6.45, 7) is 5.13. The van der Waals surface area contributed by atoms with Crippen molar-refractivity contribution in [3.05, 3.63) is 183 Å². The van der Waals surface area contributed by atoms with Gasteiger partial charge in [-0.2, -0.15) is 5.10 Å². The average Bonchev–Trinajstić information content (AvgIpc) is 3.59. The molecule has 1 aromatic heterocycles. The van der Waals surface area contributed by atoms with Gasteiger partial charge < -0.3 is 14.5 Å². The smallest absolute Gasteiger partial charge is 0.276 e. The van der Waals surface area contributed by atoms with E-state index in [1.807, 2.05) is 67.6 Å². The van der Waals surface area contributed by atoms with Crippen molar-refractivity contribution in [2.45, 2.75) is 51.1 Å². The van der Waals surface area contributed by atoms with E-state index < -0.39 is 27.7 Å². The van der Waals surface area contributed by atoms with Gasteiger partial charge in [-0.05, 0) is 114 Å². The maximum Gasteiger partial charge on any atom is 0.276 e. The van der Waals surface area contributed by atoms with Gasteiger partial charge in [0.1, 0.15) is 11.5 Å². The number of nitrogens with one attached hydrogen (secondary N) is 1. The molecular weight excluding hydrogens is 858 g/mol. The van der Waals surface area contributed by atoms with Crippen LogP contribution in [0.3, 0.4) is 0 Å². The maximum atomic E-state index is 14.6. The van der Waals surface area contributed by atoms with Crippen molar-refractivity contribution in [2.24, 2.45) is 0 Å². The quantitative estimate of drug-likeness (QED) is 0.122. The highest BCUT2D eigenvalue weighted by molar-refractivity contribution is 7.90. The Bertz CT molecular complexity index is 2990. The molecule has 320 valence electrons. The molecule has 8 rings (SSSR count). The van der Waals surface area contributed by atoms with E-state index >= 15 is 0 Å². The standard InChI is InChI=1S/C49H43Cl2N5O6S/c1-3-4-25-54(30-33-10-9-15-41(27-33)62-40-20-18-39(50)19-21-40)49(59)46-45(51)32(2)56(52-46)44-23-17-37(29-43(44)48(58)55-26-24-35-12-6-8-14-38(35)31-55)47(57)53-63(60,61)42-22-16-34-11-5-7-13-36(34)28-42/h5-23,27-29H,3-4,24-26,30-31H2,1-2H3,(H,53,57). The number of ether oxygens (including phenoxy) is 1. The lowest BCUT2D eigenvalue weighted by molar-refractivity contribution is 0.0729. The van der Waals surface area contributed by atoms with E-state index in [1.165, 1.54) is 35.0 Å². The molecule has 0 fully saturated rings.